The SMILES string of the molecule is Brc1ccc2c(c1)CCc1nc([C@@H]3CCCN3)[nH]c1-2. The van der Waals surface area contributed by atoms with Gasteiger partial charge in [0.25, 0.3) is 0 Å². The van der Waals surface area contributed by atoms with Gasteiger partial charge in [-0.3, -0.25) is 0 Å². The third kappa shape index (κ3) is 1.94. The maximum atomic E-state index is 4.82. The van der Waals surface area contributed by atoms with Gasteiger partial charge >= 0.3 is 0 Å². The van der Waals surface area contributed by atoms with E-state index in [4.69, 9.17) is 4.98 Å². The summed E-state index contributed by atoms with van der Waals surface area (Å²) in [7, 11) is 0. The van der Waals surface area contributed by atoms with Crippen LogP contribution < -0.4 is 5.32 Å². The highest BCUT2D eigenvalue weighted by molar-refractivity contribution is 9.10. The first-order chi connectivity index (χ1) is 9.31. The minimum atomic E-state index is 0.421. The topological polar surface area (TPSA) is 40.7 Å². The van der Waals surface area contributed by atoms with Gasteiger partial charge < -0.3 is 10.3 Å². The predicted octanol–water partition coefficient (Wildman–Crippen LogP) is 3.36. The Balaban J connectivity index is 1.79. The van der Waals surface area contributed by atoms with Crippen molar-refractivity contribution < 1.29 is 0 Å². The fourth-order valence-corrected chi connectivity index (χ4v) is 3.59. The first kappa shape index (κ1) is 11.7. The Morgan fingerprint density at radius 3 is 3.05 bits per heavy atom. The molecule has 2 aromatic rings. The quantitative estimate of drug-likeness (QED) is 0.846. The summed E-state index contributed by atoms with van der Waals surface area (Å²) in [4.78, 5) is 8.39. The number of benzene rings is 1. The largest absolute Gasteiger partial charge is 0.340 e. The number of nitrogens with zero attached hydrogens (tertiary/aromatic N) is 1. The first-order valence-corrected chi connectivity index (χ1v) is 7.71. The Kier molecular flexibility index (Phi) is 2.74. The molecule has 1 saturated heterocycles. The molecule has 19 heavy (non-hydrogen) atoms. The van der Waals surface area contributed by atoms with E-state index in [-0.39, 0.29) is 0 Å². The van der Waals surface area contributed by atoms with Crippen LogP contribution in [0.2, 0.25) is 0 Å². The number of aromatic amines is 1. The molecule has 3 nitrogen and oxygen atoms in total. The van der Waals surface area contributed by atoms with E-state index in [0.29, 0.717) is 6.04 Å². The number of aryl methyl sites for hydroxylation is 2. The number of aromatic nitrogens is 2. The second-order valence-electron chi connectivity index (χ2n) is 5.39. The molecule has 2 aliphatic rings. The minimum Gasteiger partial charge on any atom is -0.340 e. The summed E-state index contributed by atoms with van der Waals surface area (Å²) in [6.07, 6.45) is 4.57. The van der Waals surface area contributed by atoms with E-state index >= 15 is 0 Å². The van der Waals surface area contributed by atoms with Gasteiger partial charge in [-0.25, -0.2) is 4.98 Å². The van der Waals surface area contributed by atoms with Crippen LogP contribution in [-0.2, 0) is 12.8 Å². The molecular formula is C15H16BrN3. The van der Waals surface area contributed by atoms with Crippen molar-refractivity contribution in [2.24, 2.45) is 0 Å². The highest BCUT2D eigenvalue weighted by atomic mass is 79.9. The van der Waals surface area contributed by atoms with Gasteiger partial charge in [-0.15, -0.1) is 0 Å². The van der Waals surface area contributed by atoms with E-state index in [9.17, 15) is 0 Å². The molecule has 1 aromatic carbocycles. The molecule has 2 N–H and O–H groups in total. The lowest BCUT2D eigenvalue weighted by atomic mass is 9.92. The Hall–Kier alpha value is -1.13. The van der Waals surface area contributed by atoms with Gasteiger partial charge in [-0.1, -0.05) is 22.0 Å². The molecule has 1 aromatic heterocycles. The van der Waals surface area contributed by atoms with Crippen molar-refractivity contribution in [3.8, 4) is 11.3 Å². The third-order valence-electron chi connectivity index (χ3n) is 4.16. The summed E-state index contributed by atoms with van der Waals surface area (Å²) in [5, 5.41) is 3.51. The van der Waals surface area contributed by atoms with Gasteiger partial charge in [0.1, 0.15) is 5.82 Å². The lowest BCUT2D eigenvalue weighted by Gasteiger charge is -2.15. The zero-order valence-corrected chi connectivity index (χ0v) is 12.3. The number of hydrogen-bond donors (Lipinski definition) is 2. The number of H-pyrrole nitrogens is 1. The second-order valence-corrected chi connectivity index (χ2v) is 6.31. The molecule has 0 radical (unpaired) electrons. The maximum absolute atomic E-state index is 4.82. The maximum Gasteiger partial charge on any atom is 0.124 e. The van der Waals surface area contributed by atoms with Crippen LogP contribution in [-0.4, -0.2) is 16.5 Å². The average molecular weight is 318 g/mol. The molecule has 1 atom stereocenters. The van der Waals surface area contributed by atoms with Crippen molar-refractivity contribution in [1.29, 1.82) is 0 Å². The van der Waals surface area contributed by atoms with Crippen LogP contribution >= 0.6 is 15.9 Å². The Bertz CT molecular complexity index is 626. The van der Waals surface area contributed by atoms with E-state index < -0.39 is 0 Å². The fraction of sp³-hybridized carbons (Fsp3) is 0.400. The smallest absolute Gasteiger partial charge is 0.124 e. The number of fused-ring (bicyclic) bond motifs is 3. The molecule has 0 spiro atoms. The number of nitrogens with one attached hydrogen (secondary N) is 2. The Morgan fingerprint density at radius 1 is 1.26 bits per heavy atom. The van der Waals surface area contributed by atoms with E-state index in [1.165, 1.54) is 35.4 Å². The molecular weight excluding hydrogens is 302 g/mol. The summed E-state index contributed by atoms with van der Waals surface area (Å²) in [5.74, 6) is 1.12. The molecule has 0 amide bonds. The number of hydrogen-bond acceptors (Lipinski definition) is 2. The normalized spacial score (nSPS) is 21.2. The summed E-state index contributed by atoms with van der Waals surface area (Å²) >= 11 is 3.55. The van der Waals surface area contributed by atoms with Crippen molar-refractivity contribution in [2.45, 2.75) is 31.7 Å². The zero-order chi connectivity index (χ0) is 12.8. The Morgan fingerprint density at radius 2 is 2.21 bits per heavy atom. The highest BCUT2D eigenvalue weighted by Gasteiger charge is 2.25. The third-order valence-corrected chi connectivity index (χ3v) is 4.65. The van der Waals surface area contributed by atoms with Crippen molar-refractivity contribution in [3.05, 3.63) is 39.8 Å². The summed E-state index contributed by atoms with van der Waals surface area (Å²) in [5.41, 5.74) is 5.20. The molecule has 0 unspecified atom stereocenters. The molecule has 1 aliphatic carbocycles. The van der Waals surface area contributed by atoms with E-state index in [1.807, 2.05) is 0 Å². The molecule has 4 rings (SSSR count). The van der Waals surface area contributed by atoms with Crippen LogP contribution in [0.3, 0.4) is 0 Å². The lowest BCUT2D eigenvalue weighted by Crippen LogP contribution is -2.14. The highest BCUT2D eigenvalue weighted by Crippen LogP contribution is 2.35. The standard InChI is InChI=1S/C15H16BrN3/c16-10-4-5-11-9(8-10)3-6-12-14(11)19-15(18-12)13-2-1-7-17-13/h4-5,8,13,17H,1-3,6-7H2,(H,18,19)/t13-/m0/s1. The monoisotopic (exact) mass is 317 g/mol. The van der Waals surface area contributed by atoms with E-state index in [2.05, 4.69) is 44.4 Å². The van der Waals surface area contributed by atoms with Gasteiger partial charge in [0.15, 0.2) is 0 Å². The van der Waals surface area contributed by atoms with Gasteiger partial charge in [-0.2, -0.15) is 0 Å². The van der Waals surface area contributed by atoms with E-state index in [0.717, 1.165) is 29.7 Å². The average Bonchev–Trinajstić information content (AvgIpc) is 3.06. The van der Waals surface area contributed by atoms with Crippen molar-refractivity contribution in [2.75, 3.05) is 6.54 Å². The van der Waals surface area contributed by atoms with Crippen molar-refractivity contribution in [1.82, 2.24) is 15.3 Å². The summed E-state index contributed by atoms with van der Waals surface area (Å²) in [6.45, 7) is 1.11. The summed E-state index contributed by atoms with van der Waals surface area (Å²) in [6, 6.07) is 6.96. The molecule has 98 valence electrons. The molecule has 1 aliphatic heterocycles. The van der Waals surface area contributed by atoms with Crippen LogP contribution in [0.5, 0.6) is 0 Å². The molecule has 0 bridgehead atoms. The van der Waals surface area contributed by atoms with Crippen LogP contribution in [0.1, 0.15) is 36.0 Å². The van der Waals surface area contributed by atoms with Crippen LogP contribution in [0.15, 0.2) is 22.7 Å². The first-order valence-electron chi connectivity index (χ1n) is 6.92. The molecule has 2 heterocycles. The van der Waals surface area contributed by atoms with Crippen LogP contribution in [0, 0.1) is 0 Å². The van der Waals surface area contributed by atoms with E-state index in [1.54, 1.807) is 0 Å². The minimum absolute atomic E-state index is 0.421. The molecule has 4 heteroatoms. The number of rotatable bonds is 1. The van der Waals surface area contributed by atoms with Gasteiger partial charge in [0.05, 0.1) is 17.4 Å². The lowest BCUT2D eigenvalue weighted by molar-refractivity contribution is 0.611. The Labute approximate surface area is 121 Å². The van der Waals surface area contributed by atoms with Crippen LogP contribution in [0.4, 0.5) is 0 Å². The molecule has 1 fully saturated rings. The number of imidazole rings is 1. The van der Waals surface area contributed by atoms with Crippen molar-refractivity contribution in [3.63, 3.8) is 0 Å². The molecule has 0 saturated carbocycles. The second kappa shape index (κ2) is 4.46. The van der Waals surface area contributed by atoms with Crippen LogP contribution in [0.25, 0.3) is 11.3 Å². The van der Waals surface area contributed by atoms with Crippen molar-refractivity contribution >= 4 is 15.9 Å². The van der Waals surface area contributed by atoms with Gasteiger partial charge in [-0.05, 0) is 49.9 Å². The predicted molar refractivity (Wildman–Crippen MR) is 79.1 cm³/mol. The fourth-order valence-electron chi connectivity index (χ4n) is 3.18. The van der Waals surface area contributed by atoms with Gasteiger partial charge in [0.2, 0.25) is 0 Å². The number of halogens is 1. The zero-order valence-electron chi connectivity index (χ0n) is 10.7. The summed E-state index contributed by atoms with van der Waals surface area (Å²) < 4.78 is 1.16. The van der Waals surface area contributed by atoms with Gasteiger partial charge in [0, 0.05) is 10.0 Å².